The van der Waals surface area contributed by atoms with Crippen LogP contribution in [-0.4, -0.2) is 141 Å². The number of hydrogen-bond donors (Lipinski definition) is 3. The summed E-state index contributed by atoms with van der Waals surface area (Å²) in [7, 11) is 2.08. The molecule has 0 unspecified atom stereocenters. The predicted octanol–water partition coefficient (Wildman–Crippen LogP) is 5.38. The Kier molecular flexibility index (Phi) is 16.4. The van der Waals surface area contributed by atoms with Gasteiger partial charge in [0.1, 0.15) is 48.1 Å². The number of aliphatic hydroxyl groups excluding tert-OH is 3. The predicted molar refractivity (Wildman–Crippen MR) is 207 cm³/mol. The molecule has 2 fully saturated rings. The van der Waals surface area contributed by atoms with Crippen molar-refractivity contribution in [2.75, 3.05) is 46.5 Å². The van der Waals surface area contributed by atoms with Gasteiger partial charge in [-0.15, -0.1) is 21.1 Å². The lowest BCUT2D eigenvalue weighted by atomic mass is 10.1. The molecule has 0 spiro atoms. The van der Waals surface area contributed by atoms with Crippen molar-refractivity contribution in [3.05, 3.63) is 62.0 Å². The number of imidazole rings is 2. The van der Waals surface area contributed by atoms with Gasteiger partial charge >= 0.3 is 0 Å². The Morgan fingerprint density at radius 2 is 1.28 bits per heavy atom. The number of alkyl halides is 2. The van der Waals surface area contributed by atoms with Gasteiger partial charge in [-0.25, -0.2) is 38.7 Å². The molecule has 6 rings (SSSR count). The number of aliphatic hydroxyl groups is 3. The fourth-order valence-corrected chi connectivity index (χ4v) is 6.24. The average Bonchev–Trinajstić information content (AvgIpc) is 3.97. The molecule has 3 N–H and O–H groups in total. The first-order chi connectivity index (χ1) is 27.5. The Morgan fingerprint density at radius 3 is 1.74 bits per heavy atom. The van der Waals surface area contributed by atoms with E-state index in [9.17, 15) is 9.50 Å². The number of rotatable bonds is 14. The number of nitrogens with zero attached hydrogens (tertiary/aromatic N) is 8. The maximum Gasteiger partial charge on any atom is 0.210 e. The molecule has 53 heavy (non-hydrogen) atoms. The molecule has 4 aromatic heterocycles. The third-order valence-electron chi connectivity index (χ3n) is 7.81. The second-order valence-electron chi connectivity index (χ2n) is 12.5. The number of hydrogen-bond acceptors (Lipinski definition) is 12. The van der Waals surface area contributed by atoms with Crippen LogP contribution in [0.5, 0.6) is 0 Å². The molecule has 0 radical (unpaired) electrons. The number of fused-ring (bicyclic) bond motifs is 2. The molecule has 2 saturated heterocycles. The number of ether oxygens (including phenoxy) is 2. The minimum absolute atomic E-state index is 0.0725. The van der Waals surface area contributed by atoms with E-state index < -0.39 is 57.4 Å². The highest BCUT2D eigenvalue weighted by Gasteiger charge is 2.48. The Morgan fingerprint density at radius 1 is 0.830 bits per heavy atom. The van der Waals surface area contributed by atoms with E-state index in [4.69, 9.17) is 19.6 Å². The fraction of sp³-hybridized carbons (Fsp3) is 0.600. The van der Waals surface area contributed by atoms with Gasteiger partial charge in [0.05, 0.1) is 37.3 Å². The lowest BCUT2D eigenvalue weighted by Crippen LogP contribution is -2.32. The van der Waals surface area contributed by atoms with Crippen LogP contribution in [0.1, 0.15) is 54.2 Å². The third kappa shape index (κ3) is 11.1. The quantitative estimate of drug-likeness (QED) is 0.110. The molecule has 6 heterocycles. The summed E-state index contributed by atoms with van der Waals surface area (Å²) in [5, 5.41) is 18.5. The highest BCUT2D eigenvalue weighted by Crippen LogP contribution is 2.41. The van der Waals surface area contributed by atoms with E-state index in [1.54, 1.807) is 10.6 Å². The minimum Gasteiger partial charge on any atom is -0.394 e. The van der Waals surface area contributed by atoms with Crippen LogP contribution in [0.4, 0.5) is 8.78 Å². The maximum absolute atomic E-state index is 15.1. The molecule has 0 aliphatic carbocycles. The molecule has 0 bridgehead atoms. The van der Waals surface area contributed by atoms with Crippen LogP contribution in [0.2, 0.25) is 0 Å². The first-order valence-electron chi connectivity index (χ1n) is 19.2. The van der Waals surface area contributed by atoms with Gasteiger partial charge in [0, 0.05) is 10.9 Å². The van der Waals surface area contributed by atoms with Gasteiger partial charge in [0.2, 0.25) is 2.86 Å². The van der Waals surface area contributed by atoms with E-state index in [-0.39, 0.29) is 13.2 Å². The van der Waals surface area contributed by atoms with E-state index >= 15 is 4.39 Å². The number of allylic oxidation sites excluding steroid dienone is 2. The van der Waals surface area contributed by atoms with Crippen molar-refractivity contribution in [2.45, 2.75) is 89.7 Å². The Bertz CT molecular complexity index is 1770. The second-order valence-corrected chi connectivity index (χ2v) is 17.0. The van der Waals surface area contributed by atoms with Crippen LogP contribution in [0.3, 0.4) is 0 Å². The number of halogens is 2. The largest absolute Gasteiger partial charge is 0.394 e. The zero-order valence-corrected chi connectivity index (χ0v) is 33.2. The van der Waals surface area contributed by atoms with E-state index in [0.29, 0.717) is 43.1 Å². The molecule has 18 heteroatoms. The third-order valence-corrected chi connectivity index (χ3v) is 8.47. The number of aryl methyl sites for hydroxylation is 2. The molecule has 0 aromatic carbocycles. The van der Waals surface area contributed by atoms with E-state index in [2.05, 4.69) is 73.3 Å². The molecule has 14 nitrogen and oxygen atoms in total. The lowest BCUT2D eigenvalue weighted by molar-refractivity contribution is -0.0459. The van der Waals surface area contributed by atoms with Gasteiger partial charge in [-0.05, 0) is 59.0 Å². The standard InChI is InChI=1S/C16H22FN4O3P.C14H17FN4O3.C3H9P.2CH4/c1-4-5-6-10-13-15(19-8-18-10)21(9-20-13)16-12(17)14(24-25(2)3)11(7-22)23-16;1-2-3-4-8-11-13(17-6-16-8)19(7-18-11)14-10(15)12(21)9(5-20)22-14;1-4(2)3;;/h4,8-9,11-12,14,16,22H,1,5-7H2,2-3H3;2,6-7,9-10,12,14,20-21H,1,3-5H2;1-3H3;2*1H4/t11-,12-,14-,16-;9-,10-,12-,14-;;;/m11.../s1/i22D;20D;;2*1T. The first-order valence-corrected chi connectivity index (χ1v) is 21.2. The Hall–Kier alpha value is -2.94. The van der Waals surface area contributed by atoms with E-state index in [1.165, 1.54) is 44.7 Å². The van der Waals surface area contributed by atoms with E-state index in [1.807, 2.05) is 19.4 Å². The van der Waals surface area contributed by atoms with Crippen LogP contribution in [0.15, 0.2) is 50.6 Å². The summed E-state index contributed by atoms with van der Waals surface area (Å²) in [6, 6.07) is 0. The van der Waals surface area contributed by atoms with Crippen LogP contribution in [0.25, 0.3) is 22.3 Å². The highest BCUT2D eigenvalue weighted by molar-refractivity contribution is 7.55. The minimum atomic E-state index is -1.67. The summed E-state index contributed by atoms with van der Waals surface area (Å²) in [6.07, 6.45) is 3.34. The van der Waals surface area contributed by atoms with Crippen LogP contribution in [0, 0.1) is 0 Å². The van der Waals surface area contributed by atoms with Crippen molar-refractivity contribution in [2.24, 2.45) is 0 Å². The fourth-order valence-electron chi connectivity index (χ4n) is 5.50. The summed E-state index contributed by atoms with van der Waals surface area (Å²) in [6.45, 7) is 17.6. The van der Waals surface area contributed by atoms with Crippen LogP contribution >= 0.6 is 16.1 Å². The SMILES string of the molecule is CP(C)C.[2H]OC[C@H]1O[C@@H](n2cnc3c(CCC=C)ncnc32)[C@H](F)[C@@H]1O.[2H]OC[C@H]1O[C@@H](n2cnc3c(CCC=C)ncnc32)[C@H](F)[C@@H]1OP(C)C.[3H]C.[3H]C. The van der Waals surface area contributed by atoms with Gasteiger partial charge in [0.15, 0.2) is 36.1 Å². The van der Waals surface area contributed by atoms with Gasteiger partial charge < -0.3 is 29.3 Å². The van der Waals surface area contributed by atoms with Crippen molar-refractivity contribution in [1.82, 2.24) is 39.0 Å². The summed E-state index contributed by atoms with van der Waals surface area (Å²) >= 11 is 0. The summed E-state index contributed by atoms with van der Waals surface area (Å²) < 4.78 is 74.7. The van der Waals surface area contributed by atoms with E-state index in [0.717, 1.165) is 24.2 Å². The molecule has 0 saturated carbocycles. The van der Waals surface area contributed by atoms with Crippen molar-refractivity contribution in [1.29, 1.82) is 2.86 Å². The summed E-state index contributed by atoms with van der Waals surface area (Å²) in [4.78, 5) is 25.5. The van der Waals surface area contributed by atoms with Crippen molar-refractivity contribution < 1.29 is 40.8 Å². The van der Waals surface area contributed by atoms with Crippen molar-refractivity contribution in [3.63, 3.8) is 0 Å². The normalized spacial score (nSPS) is 25.7. The number of aromatic nitrogens is 8. The Labute approximate surface area is 319 Å². The molecule has 296 valence electrons. The van der Waals surface area contributed by atoms with Gasteiger partial charge in [0.25, 0.3) is 0 Å². The molecule has 8 atom stereocenters. The molecular weight excluding hydrogens is 728 g/mol. The second kappa shape index (κ2) is 21.8. The first kappa shape index (κ1) is 39.7. The monoisotopic (exact) mass is 790 g/mol. The van der Waals surface area contributed by atoms with Crippen molar-refractivity contribution in [3.8, 4) is 0 Å². The van der Waals surface area contributed by atoms with Gasteiger partial charge in [-0.1, -0.05) is 27.0 Å². The summed E-state index contributed by atoms with van der Waals surface area (Å²) in [5.74, 6) is 0. The van der Waals surface area contributed by atoms with Crippen molar-refractivity contribution >= 4 is 38.4 Å². The van der Waals surface area contributed by atoms with Crippen LogP contribution in [-0.2, 0) is 26.8 Å². The molecule has 2 aliphatic rings. The zero-order chi connectivity index (χ0) is 42.7. The Balaban J connectivity index is 0.000000335. The highest BCUT2D eigenvalue weighted by atomic mass is 31.1. The van der Waals surface area contributed by atoms with Gasteiger partial charge in [-0.3, -0.25) is 9.13 Å². The van der Waals surface area contributed by atoms with Gasteiger partial charge in [-0.2, -0.15) is 0 Å². The average molecular weight is 791 g/mol. The molecule has 0 amide bonds. The zero-order valence-electron chi connectivity index (χ0n) is 35.5. The van der Waals surface area contributed by atoms with Crippen LogP contribution < -0.4 is 0 Å². The maximum atomic E-state index is 15.1. The summed E-state index contributed by atoms with van der Waals surface area (Å²) in [5.41, 5.74) is 3.66. The molecule has 2 aliphatic heterocycles. The smallest absolute Gasteiger partial charge is 0.210 e. The molecular formula is C35H56F2N8O6P2. The lowest BCUT2D eigenvalue weighted by Gasteiger charge is -2.20. The topological polar surface area (TPSA) is 176 Å². The molecule has 4 aromatic rings.